The third-order valence-corrected chi connectivity index (χ3v) is 5.70. The number of aromatic nitrogens is 1. The second-order valence-corrected chi connectivity index (χ2v) is 7.37. The van der Waals surface area contributed by atoms with Crippen molar-refractivity contribution in [1.82, 2.24) is 15.0 Å². The molecule has 1 aromatic carbocycles. The number of likely N-dealkylation sites (tertiary alicyclic amines) is 2. The predicted octanol–water partition coefficient (Wildman–Crippen LogP) is 2.18. The zero-order valence-electron chi connectivity index (χ0n) is 15.1. The van der Waals surface area contributed by atoms with Crippen molar-refractivity contribution in [3.8, 4) is 0 Å². The smallest absolute Gasteiger partial charge is 0.276 e. The molecule has 2 fully saturated rings. The lowest BCUT2D eigenvalue weighted by molar-refractivity contribution is -0.0878. The molecule has 138 valence electrons. The SMILES string of the molecule is Cc1cc(C(=O)N2CC[C@](O)(c3ccccc3)[C@H](N3CCCC3)C2)no1. The number of aryl methyl sites for hydroxylation is 1. The van der Waals surface area contributed by atoms with E-state index in [0.29, 0.717) is 31.0 Å². The van der Waals surface area contributed by atoms with Gasteiger partial charge in [-0.3, -0.25) is 9.69 Å². The van der Waals surface area contributed by atoms with Crippen LogP contribution in [0.25, 0.3) is 0 Å². The van der Waals surface area contributed by atoms with Crippen LogP contribution in [0.5, 0.6) is 0 Å². The van der Waals surface area contributed by atoms with Gasteiger partial charge in [0.15, 0.2) is 5.69 Å². The average Bonchev–Trinajstić information content (AvgIpc) is 3.34. The summed E-state index contributed by atoms with van der Waals surface area (Å²) in [6.45, 7) is 4.70. The number of benzene rings is 1. The van der Waals surface area contributed by atoms with Crippen LogP contribution < -0.4 is 0 Å². The maximum atomic E-state index is 12.8. The third kappa shape index (κ3) is 3.04. The van der Waals surface area contributed by atoms with Crippen LogP contribution in [-0.4, -0.2) is 58.2 Å². The van der Waals surface area contributed by atoms with Gasteiger partial charge in [0, 0.05) is 19.2 Å². The lowest BCUT2D eigenvalue weighted by Gasteiger charge is -2.48. The number of hydrogen-bond donors (Lipinski definition) is 1. The molecular formula is C20H25N3O3. The maximum Gasteiger partial charge on any atom is 0.276 e. The molecule has 2 aliphatic heterocycles. The molecule has 0 aliphatic carbocycles. The van der Waals surface area contributed by atoms with Crippen LogP contribution in [0.4, 0.5) is 0 Å². The van der Waals surface area contributed by atoms with Crippen molar-refractivity contribution in [1.29, 1.82) is 0 Å². The average molecular weight is 355 g/mol. The van der Waals surface area contributed by atoms with E-state index in [2.05, 4.69) is 10.1 Å². The van der Waals surface area contributed by atoms with Gasteiger partial charge in [-0.2, -0.15) is 0 Å². The number of nitrogens with zero attached hydrogens (tertiary/aromatic N) is 3. The Morgan fingerprint density at radius 2 is 1.96 bits per heavy atom. The molecule has 6 heteroatoms. The molecule has 2 saturated heterocycles. The Balaban J connectivity index is 1.62. The standard InChI is InChI=1S/C20H25N3O3/c1-15-13-17(21-26-15)19(24)23-12-9-20(25,16-7-3-2-4-8-16)18(14-23)22-10-5-6-11-22/h2-4,7-8,13,18,25H,5-6,9-12,14H2,1H3/t18-,20+/m1/s1. The Bertz CT molecular complexity index is 770. The first-order valence-electron chi connectivity index (χ1n) is 9.32. The number of aliphatic hydroxyl groups is 1. The Kier molecular flexibility index (Phi) is 4.54. The van der Waals surface area contributed by atoms with E-state index in [1.165, 1.54) is 0 Å². The fourth-order valence-corrected chi connectivity index (χ4v) is 4.27. The number of carbonyl (C=O) groups excluding carboxylic acids is 1. The van der Waals surface area contributed by atoms with E-state index in [4.69, 9.17) is 4.52 Å². The van der Waals surface area contributed by atoms with E-state index in [-0.39, 0.29) is 11.9 Å². The number of hydrogen-bond acceptors (Lipinski definition) is 5. The van der Waals surface area contributed by atoms with Gasteiger partial charge in [0.05, 0.1) is 6.04 Å². The molecular weight excluding hydrogens is 330 g/mol. The van der Waals surface area contributed by atoms with Crippen LogP contribution in [0.15, 0.2) is 40.9 Å². The first-order chi connectivity index (χ1) is 12.6. The molecule has 26 heavy (non-hydrogen) atoms. The summed E-state index contributed by atoms with van der Waals surface area (Å²) in [7, 11) is 0. The second-order valence-electron chi connectivity index (χ2n) is 7.37. The maximum absolute atomic E-state index is 12.8. The van der Waals surface area contributed by atoms with Gasteiger partial charge < -0.3 is 14.5 Å². The summed E-state index contributed by atoms with van der Waals surface area (Å²) in [4.78, 5) is 17.0. The Morgan fingerprint density at radius 1 is 1.23 bits per heavy atom. The third-order valence-electron chi connectivity index (χ3n) is 5.70. The predicted molar refractivity (Wildman–Crippen MR) is 96.7 cm³/mol. The minimum absolute atomic E-state index is 0.113. The summed E-state index contributed by atoms with van der Waals surface area (Å²) >= 11 is 0. The lowest BCUT2D eigenvalue weighted by atomic mass is 9.79. The second kappa shape index (κ2) is 6.85. The number of carbonyl (C=O) groups is 1. The first kappa shape index (κ1) is 17.2. The Morgan fingerprint density at radius 3 is 2.62 bits per heavy atom. The highest BCUT2D eigenvalue weighted by molar-refractivity contribution is 5.92. The molecule has 1 N–H and O–H groups in total. The summed E-state index contributed by atoms with van der Waals surface area (Å²) < 4.78 is 5.06. The molecule has 1 aromatic heterocycles. The van der Waals surface area contributed by atoms with Gasteiger partial charge >= 0.3 is 0 Å². The molecule has 0 spiro atoms. The molecule has 2 atom stereocenters. The number of rotatable bonds is 3. The molecule has 0 unspecified atom stereocenters. The van der Waals surface area contributed by atoms with E-state index >= 15 is 0 Å². The normalized spacial score (nSPS) is 27.0. The Labute approximate surface area is 153 Å². The van der Waals surface area contributed by atoms with Gasteiger partial charge in [-0.25, -0.2) is 0 Å². The quantitative estimate of drug-likeness (QED) is 0.914. The van der Waals surface area contributed by atoms with Gasteiger partial charge in [-0.15, -0.1) is 0 Å². The molecule has 3 heterocycles. The van der Waals surface area contributed by atoms with Crippen molar-refractivity contribution in [2.75, 3.05) is 26.2 Å². The van der Waals surface area contributed by atoms with E-state index in [0.717, 1.165) is 31.5 Å². The van der Waals surface area contributed by atoms with E-state index in [9.17, 15) is 9.90 Å². The summed E-state index contributed by atoms with van der Waals surface area (Å²) in [6, 6.07) is 11.4. The van der Waals surface area contributed by atoms with Crippen molar-refractivity contribution in [2.45, 2.75) is 37.8 Å². The molecule has 2 aromatic rings. The number of amides is 1. The molecule has 4 rings (SSSR count). The molecule has 0 bridgehead atoms. The summed E-state index contributed by atoms with van der Waals surface area (Å²) in [5.41, 5.74) is 0.330. The number of piperidine rings is 1. The topological polar surface area (TPSA) is 69.8 Å². The van der Waals surface area contributed by atoms with Crippen LogP contribution in [-0.2, 0) is 5.60 Å². The fourth-order valence-electron chi connectivity index (χ4n) is 4.27. The van der Waals surface area contributed by atoms with Gasteiger partial charge in [-0.1, -0.05) is 35.5 Å². The summed E-state index contributed by atoms with van der Waals surface area (Å²) in [5.74, 6) is 0.503. The van der Waals surface area contributed by atoms with Crippen molar-refractivity contribution < 1.29 is 14.4 Å². The van der Waals surface area contributed by atoms with Crippen LogP contribution in [0.3, 0.4) is 0 Å². The van der Waals surface area contributed by atoms with Crippen molar-refractivity contribution in [2.24, 2.45) is 0 Å². The minimum atomic E-state index is -0.942. The molecule has 2 aliphatic rings. The van der Waals surface area contributed by atoms with E-state index in [1.807, 2.05) is 30.3 Å². The zero-order valence-corrected chi connectivity index (χ0v) is 15.1. The van der Waals surface area contributed by atoms with E-state index in [1.54, 1.807) is 17.9 Å². The summed E-state index contributed by atoms with van der Waals surface area (Å²) in [5, 5.41) is 15.5. The highest BCUT2D eigenvalue weighted by Gasteiger charge is 2.47. The van der Waals surface area contributed by atoms with Crippen molar-refractivity contribution in [3.05, 3.63) is 53.4 Å². The summed E-state index contributed by atoms with van der Waals surface area (Å²) in [6.07, 6.45) is 2.79. The van der Waals surface area contributed by atoms with E-state index < -0.39 is 5.60 Å². The molecule has 0 radical (unpaired) electrons. The van der Waals surface area contributed by atoms with Crippen LogP contribution in [0.2, 0.25) is 0 Å². The van der Waals surface area contributed by atoms with Gasteiger partial charge in [0.25, 0.3) is 5.91 Å². The monoisotopic (exact) mass is 355 g/mol. The van der Waals surface area contributed by atoms with Crippen LogP contribution in [0.1, 0.15) is 41.1 Å². The van der Waals surface area contributed by atoms with Crippen LogP contribution in [0, 0.1) is 6.92 Å². The van der Waals surface area contributed by atoms with Gasteiger partial charge in [0.2, 0.25) is 0 Å². The van der Waals surface area contributed by atoms with Gasteiger partial charge in [-0.05, 0) is 44.8 Å². The van der Waals surface area contributed by atoms with Crippen molar-refractivity contribution >= 4 is 5.91 Å². The Hall–Kier alpha value is -2.18. The van der Waals surface area contributed by atoms with Crippen molar-refractivity contribution in [3.63, 3.8) is 0 Å². The molecule has 6 nitrogen and oxygen atoms in total. The highest BCUT2D eigenvalue weighted by atomic mass is 16.5. The fraction of sp³-hybridized carbons (Fsp3) is 0.500. The van der Waals surface area contributed by atoms with Gasteiger partial charge in [0.1, 0.15) is 11.4 Å². The first-order valence-corrected chi connectivity index (χ1v) is 9.32. The van der Waals surface area contributed by atoms with Crippen LogP contribution >= 0.6 is 0 Å². The minimum Gasteiger partial charge on any atom is -0.383 e. The molecule has 0 saturated carbocycles. The lowest BCUT2D eigenvalue weighted by Crippen LogP contribution is -2.61. The highest BCUT2D eigenvalue weighted by Crippen LogP contribution is 2.37. The zero-order chi connectivity index (χ0) is 18.1. The largest absolute Gasteiger partial charge is 0.383 e. The molecule has 1 amide bonds.